The molecule has 1 saturated heterocycles. The minimum atomic E-state index is 0.0275. The van der Waals surface area contributed by atoms with Crippen molar-refractivity contribution >= 4 is 17.3 Å². The van der Waals surface area contributed by atoms with E-state index in [1.165, 1.54) is 0 Å². The van der Waals surface area contributed by atoms with Crippen LogP contribution in [0.3, 0.4) is 0 Å². The molecular weight excluding hydrogens is 238 g/mol. The lowest BCUT2D eigenvalue weighted by Crippen LogP contribution is -2.28. The molecule has 1 heterocycles. The third-order valence-corrected chi connectivity index (χ3v) is 3.68. The van der Waals surface area contributed by atoms with Gasteiger partial charge in [-0.3, -0.25) is 4.79 Å². The van der Waals surface area contributed by atoms with E-state index in [0.29, 0.717) is 11.1 Å². The van der Waals surface area contributed by atoms with E-state index in [1.54, 1.807) is 25.1 Å². The quantitative estimate of drug-likeness (QED) is 0.830. The topological polar surface area (TPSA) is 49.6 Å². The van der Waals surface area contributed by atoms with E-state index in [1.807, 2.05) is 12.1 Å². The molecule has 1 fully saturated rings. The summed E-state index contributed by atoms with van der Waals surface area (Å²) in [5.74, 6) is 0.0275. The van der Waals surface area contributed by atoms with Gasteiger partial charge in [0.05, 0.1) is 11.3 Å². The van der Waals surface area contributed by atoms with Gasteiger partial charge in [-0.1, -0.05) is 13.8 Å². The summed E-state index contributed by atoms with van der Waals surface area (Å²) in [6.45, 7) is 6.45. The fraction of sp³-hybridized carbons (Fsp3) is 0.533. The van der Waals surface area contributed by atoms with Crippen LogP contribution in [0.2, 0.25) is 0 Å². The summed E-state index contributed by atoms with van der Waals surface area (Å²) in [6.07, 6.45) is 1.14. The fourth-order valence-electron chi connectivity index (χ4n) is 2.55. The molecule has 1 amide bonds. The van der Waals surface area contributed by atoms with Crippen molar-refractivity contribution in [3.63, 3.8) is 0 Å². The second-order valence-electron chi connectivity index (χ2n) is 6.31. The summed E-state index contributed by atoms with van der Waals surface area (Å²) in [4.78, 5) is 16.1. The van der Waals surface area contributed by atoms with Crippen molar-refractivity contribution < 1.29 is 4.79 Å². The number of benzene rings is 1. The minimum absolute atomic E-state index is 0.0275. The van der Waals surface area contributed by atoms with Gasteiger partial charge in [-0.2, -0.15) is 0 Å². The molecule has 1 aromatic carbocycles. The number of hydrogen-bond donors (Lipinski definition) is 1. The summed E-state index contributed by atoms with van der Waals surface area (Å²) < 4.78 is 0. The summed E-state index contributed by atoms with van der Waals surface area (Å²) in [7, 11) is 3.55. The number of hydrogen-bond acceptors (Lipinski definition) is 3. The number of rotatable bonds is 2. The van der Waals surface area contributed by atoms with Gasteiger partial charge in [-0.15, -0.1) is 0 Å². The van der Waals surface area contributed by atoms with Gasteiger partial charge < -0.3 is 15.5 Å². The predicted molar refractivity (Wildman–Crippen MR) is 79.5 cm³/mol. The zero-order valence-electron chi connectivity index (χ0n) is 12.2. The van der Waals surface area contributed by atoms with Crippen molar-refractivity contribution in [1.29, 1.82) is 0 Å². The smallest absolute Gasteiger partial charge is 0.255 e. The molecule has 4 nitrogen and oxygen atoms in total. The molecule has 1 aliphatic rings. The lowest BCUT2D eigenvalue weighted by Gasteiger charge is -2.25. The van der Waals surface area contributed by atoms with Gasteiger partial charge in [0, 0.05) is 32.9 Å². The molecule has 19 heavy (non-hydrogen) atoms. The van der Waals surface area contributed by atoms with E-state index in [4.69, 9.17) is 5.73 Å². The molecule has 0 aromatic heterocycles. The zero-order chi connectivity index (χ0) is 14.2. The fourth-order valence-corrected chi connectivity index (χ4v) is 2.55. The van der Waals surface area contributed by atoms with E-state index < -0.39 is 0 Å². The number of nitrogens with two attached hydrogens (primary N) is 1. The lowest BCUT2D eigenvalue weighted by molar-refractivity contribution is 0.0828. The summed E-state index contributed by atoms with van der Waals surface area (Å²) >= 11 is 0. The first-order valence-electron chi connectivity index (χ1n) is 6.66. The maximum atomic E-state index is 12.3. The highest BCUT2D eigenvalue weighted by atomic mass is 16.2. The van der Waals surface area contributed by atoms with Crippen molar-refractivity contribution in [3.05, 3.63) is 23.8 Å². The van der Waals surface area contributed by atoms with E-state index in [2.05, 4.69) is 18.7 Å². The van der Waals surface area contributed by atoms with Crippen LogP contribution in [-0.4, -0.2) is 38.0 Å². The van der Waals surface area contributed by atoms with Crippen molar-refractivity contribution in [3.8, 4) is 0 Å². The molecule has 4 heteroatoms. The second-order valence-corrected chi connectivity index (χ2v) is 6.31. The number of carbonyl (C=O) groups is 1. The molecule has 1 aliphatic heterocycles. The SMILES string of the molecule is CN(C)C(=O)c1ccc(N)cc1N1CCC(C)(C)C1. The van der Waals surface area contributed by atoms with E-state index in [-0.39, 0.29) is 5.91 Å². The Morgan fingerprint density at radius 1 is 1.37 bits per heavy atom. The van der Waals surface area contributed by atoms with Crippen LogP contribution < -0.4 is 10.6 Å². The third kappa shape index (κ3) is 2.83. The summed E-state index contributed by atoms with van der Waals surface area (Å²) in [5.41, 5.74) is 8.58. The molecule has 0 spiro atoms. The minimum Gasteiger partial charge on any atom is -0.399 e. The Labute approximate surface area is 115 Å². The van der Waals surface area contributed by atoms with Gasteiger partial charge in [0.1, 0.15) is 0 Å². The number of nitrogens with zero attached hydrogens (tertiary/aromatic N) is 2. The molecule has 0 bridgehead atoms. The first-order valence-corrected chi connectivity index (χ1v) is 6.66. The maximum Gasteiger partial charge on any atom is 0.255 e. The Morgan fingerprint density at radius 3 is 2.58 bits per heavy atom. The molecule has 0 saturated carbocycles. The molecular formula is C15H23N3O. The second kappa shape index (κ2) is 4.76. The van der Waals surface area contributed by atoms with Gasteiger partial charge in [0.25, 0.3) is 5.91 Å². The largest absolute Gasteiger partial charge is 0.399 e. The van der Waals surface area contributed by atoms with Crippen molar-refractivity contribution in [2.45, 2.75) is 20.3 Å². The standard InChI is InChI=1S/C15H23N3O/c1-15(2)7-8-18(10-15)13-9-11(16)5-6-12(13)14(19)17(3)4/h5-6,9H,7-8,10,16H2,1-4H3. The maximum absolute atomic E-state index is 12.3. The highest BCUT2D eigenvalue weighted by Gasteiger charge is 2.31. The monoisotopic (exact) mass is 261 g/mol. The van der Waals surface area contributed by atoms with Crippen LogP contribution in [0.4, 0.5) is 11.4 Å². The summed E-state index contributed by atoms with van der Waals surface area (Å²) in [6, 6.07) is 5.54. The molecule has 104 valence electrons. The van der Waals surface area contributed by atoms with Crippen LogP contribution in [0.1, 0.15) is 30.6 Å². The highest BCUT2D eigenvalue weighted by Crippen LogP contribution is 2.35. The molecule has 0 unspecified atom stereocenters. The Kier molecular flexibility index (Phi) is 3.43. The summed E-state index contributed by atoms with van der Waals surface area (Å²) in [5, 5.41) is 0. The Morgan fingerprint density at radius 2 is 2.05 bits per heavy atom. The van der Waals surface area contributed by atoms with Gasteiger partial charge in [-0.25, -0.2) is 0 Å². The first-order chi connectivity index (χ1) is 8.80. The predicted octanol–water partition coefficient (Wildman–Crippen LogP) is 2.21. The van der Waals surface area contributed by atoms with Crippen molar-refractivity contribution in [2.24, 2.45) is 5.41 Å². The van der Waals surface area contributed by atoms with Crippen LogP contribution in [0.25, 0.3) is 0 Å². The van der Waals surface area contributed by atoms with Crippen LogP contribution in [0, 0.1) is 5.41 Å². The van der Waals surface area contributed by atoms with Gasteiger partial charge in [-0.05, 0) is 30.0 Å². The third-order valence-electron chi connectivity index (χ3n) is 3.68. The van der Waals surface area contributed by atoms with Crippen molar-refractivity contribution in [2.75, 3.05) is 37.8 Å². The Balaban J connectivity index is 2.39. The number of anilines is 2. The average Bonchev–Trinajstić information content (AvgIpc) is 2.68. The lowest BCUT2D eigenvalue weighted by atomic mass is 9.93. The van der Waals surface area contributed by atoms with Crippen molar-refractivity contribution in [1.82, 2.24) is 4.90 Å². The Bertz CT molecular complexity index is 494. The molecule has 1 aromatic rings. The molecule has 0 radical (unpaired) electrons. The van der Waals surface area contributed by atoms with E-state index >= 15 is 0 Å². The van der Waals surface area contributed by atoms with E-state index in [9.17, 15) is 4.79 Å². The van der Waals surface area contributed by atoms with Crippen LogP contribution >= 0.6 is 0 Å². The van der Waals surface area contributed by atoms with Gasteiger partial charge >= 0.3 is 0 Å². The first kappa shape index (κ1) is 13.7. The van der Waals surface area contributed by atoms with Gasteiger partial charge in [0.2, 0.25) is 0 Å². The van der Waals surface area contributed by atoms with E-state index in [0.717, 1.165) is 30.8 Å². The number of nitrogen functional groups attached to an aromatic ring is 1. The van der Waals surface area contributed by atoms with Crippen LogP contribution in [0.15, 0.2) is 18.2 Å². The average molecular weight is 261 g/mol. The normalized spacial score (nSPS) is 17.6. The molecule has 0 aliphatic carbocycles. The Hall–Kier alpha value is -1.71. The highest BCUT2D eigenvalue weighted by molar-refractivity contribution is 6.00. The number of amides is 1. The zero-order valence-corrected chi connectivity index (χ0v) is 12.2. The molecule has 0 atom stereocenters. The van der Waals surface area contributed by atoms with Gasteiger partial charge in [0.15, 0.2) is 0 Å². The van der Waals surface area contributed by atoms with Crippen LogP contribution in [-0.2, 0) is 0 Å². The van der Waals surface area contributed by atoms with Crippen LogP contribution in [0.5, 0.6) is 0 Å². The number of carbonyl (C=O) groups excluding carboxylic acids is 1. The molecule has 2 N–H and O–H groups in total. The molecule has 2 rings (SSSR count).